The zero-order valence-corrected chi connectivity index (χ0v) is 8.87. The minimum atomic E-state index is -4.64. The lowest BCUT2D eigenvalue weighted by Gasteiger charge is -2.08. The maximum atomic E-state index is 12.2. The molecule has 0 radical (unpaired) electrons. The fourth-order valence-corrected chi connectivity index (χ4v) is 1.25. The van der Waals surface area contributed by atoms with E-state index in [2.05, 4.69) is 5.16 Å². The van der Waals surface area contributed by atoms with Gasteiger partial charge in [-0.25, -0.2) is 0 Å². The van der Waals surface area contributed by atoms with Crippen LogP contribution in [0.2, 0.25) is 0 Å². The molecule has 0 aliphatic rings. The Kier molecular flexibility index (Phi) is 3.35. The molecule has 0 saturated heterocycles. The van der Waals surface area contributed by atoms with E-state index in [1.165, 1.54) is 24.3 Å². The Bertz CT molecular complexity index is 345. The molecule has 6 heteroatoms. The molecule has 1 rings (SSSR count). The van der Waals surface area contributed by atoms with Gasteiger partial charge in [0.1, 0.15) is 0 Å². The average Bonchev–Trinajstić information content (AvgIpc) is 2.07. The Morgan fingerprint density at radius 2 is 1.71 bits per heavy atom. The summed E-state index contributed by atoms with van der Waals surface area (Å²) in [5, 5.41) is 10.5. The lowest BCUT2D eigenvalue weighted by Crippen LogP contribution is -2.23. The van der Waals surface area contributed by atoms with Gasteiger partial charge in [-0.05, 0) is 34.7 Å². The first-order valence-electron chi connectivity index (χ1n) is 3.50. The molecule has 2 nitrogen and oxygen atoms in total. The summed E-state index contributed by atoms with van der Waals surface area (Å²) in [5.74, 6) is 0. The van der Waals surface area contributed by atoms with Crippen molar-refractivity contribution < 1.29 is 18.4 Å². The standard InChI is InChI=1S/C8H5F3INO/c9-8(10,11)7(13-14)5-1-3-6(12)4-2-5/h1-4,14H/b13-7+. The van der Waals surface area contributed by atoms with Crippen LogP contribution in [0.15, 0.2) is 29.4 Å². The number of oxime groups is 1. The van der Waals surface area contributed by atoms with E-state index in [1.54, 1.807) is 0 Å². The molecule has 0 fully saturated rings. The Morgan fingerprint density at radius 1 is 1.21 bits per heavy atom. The molecule has 0 unspecified atom stereocenters. The number of benzene rings is 1. The van der Waals surface area contributed by atoms with Gasteiger partial charge in [0.05, 0.1) is 0 Å². The van der Waals surface area contributed by atoms with Crippen LogP contribution >= 0.6 is 22.6 Å². The SMILES string of the molecule is O/N=C(\c1ccc(I)cc1)C(F)(F)F. The second kappa shape index (κ2) is 4.16. The van der Waals surface area contributed by atoms with E-state index < -0.39 is 11.9 Å². The highest BCUT2D eigenvalue weighted by atomic mass is 127. The lowest BCUT2D eigenvalue weighted by atomic mass is 10.1. The van der Waals surface area contributed by atoms with Crippen LogP contribution in [0.3, 0.4) is 0 Å². The molecule has 1 N–H and O–H groups in total. The first-order valence-corrected chi connectivity index (χ1v) is 4.58. The molecule has 0 aliphatic heterocycles. The molecule has 0 spiro atoms. The van der Waals surface area contributed by atoms with Gasteiger partial charge in [-0.2, -0.15) is 13.2 Å². The molecule has 0 aliphatic carbocycles. The highest BCUT2D eigenvalue weighted by molar-refractivity contribution is 14.1. The third-order valence-electron chi connectivity index (χ3n) is 1.49. The van der Waals surface area contributed by atoms with Crippen molar-refractivity contribution in [1.82, 2.24) is 0 Å². The molecule has 1 aromatic carbocycles. The summed E-state index contributed by atoms with van der Waals surface area (Å²) in [4.78, 5) is 0. The molecule has 1 aromatic rings. The summed E-state index contributed by atoms with van der Waals surface area (Å²) in [7, 11) is 0. The van der Waals surface area contributed by atoms with Gasteiger partial charge in [-0.15, -0.1) is 0 Å². The van der Waals surface area contributed by atoms with Crippen LogP contribution in [0.1, 0.15) is 5.56 Å². The molecule has 14 heavy (non-hydrogen) atoms. The van der Waals surface area contributed by atoms with Gasteiger partial charge in [0.15, 0.2) is 5.71 Å². The number of alkyl halides is 3. The van der Waals surface area contributed by atoms with Crippen LogP contribution in [0.25, 0.3) is 0 Å². The first-order chi connectivity index (χ1) is 6.45. The van der Waals surface area contributed by atoms with E-state index in [1.807, 2.05) is 22.6 Å². The number of halogens is 4. The number of hydrogen-bond donors (Lipinski definition) is 1. The highest BCUT2D eigenvalue weighted by Gasteiger charge is 2.37. The van der Waals surface area contributed by atoms with Crippen LogP contribution in [0.5, 0.6) is 0 Å². The van der Waals surface area contributed by atoms with Crippen molar-refractivity contribution in [2.75, 3.05) is 0 Å². The molecular weight excluding hydrogens is 310 g/mol. The monoisotopic (exact) mass is 315 g/mol. The first kappa shape index (κ1) is 11.3. The van der Waals surface area contributed by atoms with Crippen molar-refractivity contribution in [3.05, 3.63) is 33.4 Å². The zero-order valence-electron chi connectivity index (χ0n) is 6.72. The predicted octanol–water partition coefficient (Wildman–Crippen LogP) is 3.03. The zero-order chi connectivity index (χ0) is 10.8. The molecule has 0 amide bonds. The van der Waals surface area contributed by atoms with E-state index in [4.69, 9.17) is 5.21 Å². The number of rotatable bonds is 1. The minimum absolute atomic E-state index is 0.152. The Hall–Kier alpha value is -0.790. The largest absolute Gasteiger partial charge is 0.437 e. The summed E-state index contributed by atoms with van der Waals surface area (Å²) in [5.41, 5.74) is -1.44. The lowest BCUT2D eigenvalue weighted by molar-refractivity contribution is -0.0601. The Balaban J connectivity index is 3.10. The van der Waals surface area contributed by atoms with Crippen LogP contribution in [-0.2, 0) is 0 Å². The maximum absolute atomic E-state index is 12.2. The van der Waals surface area contributed by atoms with Gasteiger partial charge >= 0.3 is 6.18 Å². The second-order valence-electron chi connectivity index (χ2n) is 2.45. The fourth-order valence-electron chi connectivity index (χ4n) is 0.886. The van der Waals surface area contributed by atoms with Crippen LogP contribution < -0.4 is 0 Å². The summed E-state index contributed by atoms with van der Waals surface area (Å²) >= 11 is 1.97. The minimum Gasteiger partial charge on any atom is -0.410 e. The smallest absolute Gasteiger partial charge is 0.410 e. The molecule has 0 heterocycles. The van der Waals surface area contributed by atoms with Gasteiger partial charge in [0.25, 0.3) is 0 Å². The molecule has 0 bridgehead atoms. The number of hydrogen-bond acceptors (Lipinski definition) is 2. The van der Waals surface area contributed by atoms with E-state index in [9.17, 15) is 13.2 Å². The van der Waals surface area contributed by atoms with E-state index >= 15 is 0 Å². The van der Waals surface area contributed by atoms with Crippen molar-refractivity contribution in [2.45, 2.75) is 6.18 Å². The van der Waals surface area contributed by atoms with E-state index in [0.717, 1.165) is 3.57 Å². The summed E-state index contributed by atoms with van der Waals surface area (Å²) < 4.78 is 37.5. The molecule has 0 saturated carbocycles. The van der Waals surface area contributed by atoms with E-state index in [0.29, 0.717) is 0 Å². The van der Waals surface area contributed by atoms with Crippen LogP contribution in [-0.4, -0.2) is 17.1 Å². The molecular formula is C8H5F3INO. The molecule has 0 aromatic heterocycles. The van der Waals surface area contributed by atoms with Crippen molar-refractivity contribution in [2.24, 2.45) is 5.16 Å². The number of nitrogens with zero attached hydrogens (tertiary/aromatic N) is 1. The van der Waals surface area contributed by atoms with Crippen molar-refractivity contribution in [1.29, 1.82) is 0 Å². The summed E-state index contributed by atoms with van der Waals surface area (Å²) in [6, 6.07) is 5.52. The molecule has 0 atom stereocenters. The van der Waals surface area contributed by atoms with Gasteiger partial charge < -0.3 is 5.21 Å². The van der Waals surface area contributed by atoms with Crippen molar-refractivity contribution in [3.63, 3.8) is 0 Å². The van der Waals surface area contributed by atoms with Gasteiger partial charge in [-0.1, -0.05) is 17.3 Å². The fraction of sp³-hybridized carbons (Fsp3) is 0.125. The van der Waals surface area contributed by atoms with Crippen molar-refractivity contribution in [3.8, 4) is 0 Å². The third-order valence-corrected chi connectivity index (χ3v) is 2.21. The van der Waals surface area contributed by atoms with Crippen LogP contribution in [0, 0.1) is 3.57 Å². The van der Waals surface area contributed by atoms with Gasteiger partial charge in [0.2, 0.25) is 0 Å². The Morgan fingerprint density at radius 3 is 2.07 bits per heavy atom. The quantitative estimate of drug-likeness (QED) is 0.367. The third kappa shape index (κ3) is 2.60. The van der Waals surface area contributed by atoms with Crippen molar-refractivity contribution >= 4 is 28.3 Å². The summed E-state index contributed by atoms with van der Waals surface area (Å²) in [6.07, 6.45) is -4.64. The average molecular weight is 315 g/mol. The highest BCUT2D eigenvalue weighted by Crippen LogP contribution is 2.22. The topological polar surface area (TPSA) is 32.6 Å². The van der Waals surface area contributed by atoms with Gasteiger partial charge in [0, 0.05) is 9.13 Å². The maximum Gasteiger partial charge on any atom is 0.437 e. The van der Waals surface area contributed by atoms with Gasteiger partial charge in [-0.3, -0.25) is 0 Å². The predicted molar refractivity (Wildman–Crippen MR) is 53.5 cm³/mol. The summed E-state index contributed by atoms with van der Waals surface area (Å²) in [6.45, 7) is 0. The normalized spacial score (nSPS) is 13.0. The van der Waals surface area contributed by atoms with Crippen LogP contribution in [0.4, 0.5) is 13.2 Å². The van der Waals surface area contributed by atoms with E-state index in [-0.39, 0.29) is 5.56 Å². The second-order valence-corrected chi connectivity index (χ2v) is 3.70. The molecule has 76 valence electrons. The Labute approximate surface area is 91.6 Å².